The van der Waals surface area contributed by atoms with E-state index >= 15 is 0 Å². The van der Waals surface area contributed by atoms with Gasteiger partial charge in [0.05, 0.1) is 6.04 Å². The Morgan fingerprint density at radius 1 is 1.28 bits per heavy atom. The summed E-state index contributed by atoms with van der Waals surface area (Å²) in [6.45, 7) is 0. The van der Waals surface area contributed by atoms with Crippen molar-refractivity contribution in [3.8, 4) is 0 Å². The SMILES string of the molecule is NNC(Cc1cccc(F)c1F)c1ccc(Br)o1. The van der Waals surface area contributed by atoms with Gasteiger partial charge in [-0.2, -0.15) is 0 Å². The Morgan fingerprint density at radius 3 is 2.67 bits per heavy atom. The number of furan rings is 1. The van der Waals surface area contributed by atoms with Crippen LogP contribution in [-0.4, -0.2) is 0 Å². The predicted octanol–water partition coefficient (Wildman–Crippen LogP) is 3.07. The highest BCUT2D eigenvalue weighted by Gasteiger charge is 2.17. The van der Waals surface area contributed by atoms with Crippen LogP contribution < -0.4 is 11.3 Å². The van der Waals surface area contributed by atoms with Gasteiger partial charge in [0.15, 0.2) is 16.3 Å². The molecule has 2 rings (SSSR count). The van der Waals surface area contributed by atoms with Crippen LogP contribution in [0.1, 0.15) is 17.4 Å². The lowest BCUT2D eigenvalue weighted by molar-refractivity contribution is 0.398. The molecule has 0 aliphatic heterocycles. The average molecular weight is 317 g/mol. The summed E-state index contributed by atoms with van der Waals surface area (Å²) in [5.74, 6) is 4.23. The number of hydrogen-bond donors (Lipinski definition) is 2. The zero-order chi connectivity index (χ0) is 13.1. The molecule has 0 fully saturated rings. The van der Waals surface area contributed by atoms with E-state index in [-0.39, 0.29) is 12.0 Å². The largest absolute Gasteiger partial charge is 0.453 e. The Kier molecular flexibility index (Phi) is 4.11. The Morgan fingerprint density at radius 2 is 2.06 bits per heavy atom. The second-order valence-corrected chi connectivity index (χ2v) is 4.56. The minimum atomic E-state index is -0.871. The van der Waals surface area contributed by atoms with Crippen LogP contribution in [0.3, 0.4) is 0 Å². The van der Waals surface area contributed by atoms with Crippen molar-refractivity contribution < 1.29 is 13.2 Å². The molecule has 2 aromatic rings. The molecule has 1 atom stereocenters. The molecule has 1 heterocycles. The van der Waals surface area contributed by atoms with Gasteiger partial charge in [-0.15, -0.1) is 0 Å². The number of benzene rings is 1. The molecule has 0 bridgehead atoms. The number of rotatable bonds is 4. The van der Waals surface area contributed by atoms with Crippen LogP contribution >= 0.6 is 15.9 Å². The van der Waals surface area contributed by atoms with E-state index < -0.39 is 17.7 Å². The molecule has 1 unspecified atom stereocenters. The second-order valence-electron chi connectivity index (χ2n) is 3.78. The van der Waals surface area contributed by atoms with Gasteiger partial charge in [0.25, 0.3) is 0 Å². The van der Waals surface area contributed by atoms with Crippen molar-refractivity contribution in [3.63, 3.8) is 0 Å². The van der Waals surface area contributed by atoms with E-state index in [0.717, 1.165) is 6.07 Å². The molecule has 3 nitrogen and oxygen atoms in total. The molecule has 0 aliphatic carbocycles. The third-order valence-corrected chi connectivity index (χ3v) is 3.02. The summed E-state index contributed by atoms with van der Waals surface area (Å²) < 4.78 is 32.5. The summed E-state index contributed by atoms with van der Waals surface area (Å²) in [7, 11) is 0. The zero-order valence-electron chi connectivity index (χ0n) is 9.29. The van der Waals surface area contributed by atoms with Gasteiger partial charge in [-0.1, -0.05) is 12.1 Å². The number of hydrogen-bond acceptors (Lipinski definition) is 3. The van der Waals surface area contributed by atoms with E-state index in [2.05, 4.69) is 21.4 Å². The quantitative estimate of drug-likeness (QED) is 0.673. The molecule has 1 aromatic heterocycles. The van der Waals surface area contributed by atoms with Crippen LogP contribution in [0.25, 0.3) is 0 Å². The summed E-state index contributed by atoms with van der Waals surface area (Å²) in [5, 5.41) is 0. The number of nitrogens with two attached hydrogens (primary N) is 1. The smallest absolute Gasteiger partial charge is 0.169 e. The summed E-state index contributed by atoms with van der Waals surface area (Å²) in [4.78, 5) is 0. The fourth-order valence-electron chi connectivity index (χ4n) is 1.68. The fraction of sp³-hybridized carbons (Fsp3) is 0.167. The number of halogens is 3. The van der Waals surface area contributed by atoms with Crippen LogP contribution in [0.5, 0.6) is 0 Å². The Balaban J connectivity index is 2.23. The first-order chi connectivity index (χ1) is 8.61. The average Bonchev–Trinajstić information content (AvgIpc) is 2.78. The van der Waals surface area contributed by atoms with E-state index in [1.807, 2.05) is 0 Å². The summed E-state index contributed by atoms with van der Waals surface area (Å²) in [6, 6.07) is 7.05. The zero-order valence-corrected chi connectivity index (χ0v) is 10.9. The first-order valence-electron chi connectivity index (χ1n) is 5.26. The maximum atomic E-state index is 13.5. The highest BCUT2D eigenvalue weighted by molar-refractivity contribution is 9.10. The third kappa shape index (κ3) is 2.77. The molecule has 3 N–H and O–H groups in total. The summed E-state index contributed by atoms with van der Waals surface area (Å²) in [6.07, 6.45) is 0.194. The minimum Gasteiger partial charge on any atom is -0.453 e. The van der Waals surface area contributed by atoms with E-state index in [1.54, 1.807) is 12.1 Å². The van der Waals surface area contributed by atoms with E-state index in [1.165, 1.54) is 12.1 Å². The maximum Gasteiger partial charge on any atom is 0.169 e. The lowest BCUT2D eigenvalue weighted by Gasteiger charge is -2.13. The van der Waals surface area contributed by atoms with Crippen molar-refractivity contribution >= 4 is 15.9 Å². The van der Waals surface area contributed by atoms with Crippen LogP contribution in [-0.2, 0) is 6.42 Å². The van der Waals surface area contributed by atoms with Gasteiger partial charge >= 0.3 is 0 Å². The maximum absolute atomic E-state index is 13.5. The van der Waals surface area contributed by atoms with Gasteiger partial charge in [0.2, 0.25) is 0 Å². The topological polar surface area (TPSA) is 51.2 Å². The lowest BCUT2D eigenvalue weighted by Crippen LogP contribution is -2.29. The molecule has 0 radical (unpaired) electrons. The van der Waals surface area contributed by atoms with Gasteiger partial charge < -0.3 is 4.42 Å². The standard InChI is InChI=1S/C12H11BrF2N2O/c13-11-5-4-10(18-11)9(17-16)6-7-2-1-3-8(14)12(7)15/h1-5,9,17H,6,16H2. The Hall–Kier alpha value is -1.24. The fourth-order valence-corrected chi connectivity index (χ4v) is 2.00. The minimum absolute atomic E-state index is 0.194. The van der Waals surface area contributed by atoms with Gasteiger partial charge in [0.1, 0.15) is 5.76 Å². The van der Waals surface area contributed by atoms with Crippen LogP contribution in [0.4, 0.5) is 8.78 Å². The van der Waals surface area contributed by atoms with Gasteiger partial charge in [-0.3, -0.25) is 5.84 Å². The van der Waals surface area contributed by atoms with Gasteiger partial charge in [-0.25, -0.2) is 14.2 Å². The molecule has 0 aliphatic rings. The molecule has 0 amide bonds. The number of hydrazine groups is 1. The Labute approximate surface area is 111 Å². The van der Waals surface area contributed by atoms with E-state index in [9.17, 15) is 8.78 Å². The van der Waals surface area contributed by atoms with Crippen molar-refractivity contribution in [2.45, 2.75) is 12.5 Å². The van der Waals surface area contributed by atoms with Crippen molar-refractivity contribution in [2.24, 2.45) is 5.84 Å². The second kappa shape index (κ2) is 5.60. The van der Waals surface area contributed by atoms with Crippen molar-refractivity contribution in [1.29, 1.82) is 0 Å². The summed E-state index contributed by atoms with van der Waals surface area (Å²) in [5.41, 5.74) is 2.76. The van der Waals surface area contributed by atoms with Crippen LogP contribution in [0.2, 0.25) is 0 Å². The molecule has 96 valence electrons. The Bertz CT molecular complexity index is 545. The molecule has 0 spiro atoms. The van der Waals surface area contributed by atoms with Crippen LogP contribution in [0.15, 0.2) is 39.4 Å². The molecule has 0 saturated heterocycles. The highest BCUT2D eigenvalue weighted by atomic mass is 79.9. The van der Waals surface area contributed by atoms with E-state index in [0.29, 0.717) is 10.4 Å². The number of nitrogens with one attached hydrogen (secondary N) is 1. The summed E-state index contributed by atoms with van der Waals surface area (Å²) >= 11 is 3.17. The van der Waals surface area contributed by atoms with Crippen molar-refractivity contribution in [2.75, 3.05) is 0 Å². The highest BCUT2D eigenvalue weighted by Crippen LogP contribution is 2.24. The molecule has 0 saturated carbocycles. The first-order valence-corrected chi connectivity index (χ1v) is 6.05. The molecule has 1 aromatic carbocycles. The molecular formula is C12H11BrF2N2O. The molecule has 18 heavy (non-hydrogen) atoms. The predicted molar refractivity (Wildman–Crippen MR) is 66.5 cm³/mol. The van der Waals surface area contributed by atoms with Crippen molar-refractivity contribution in [1.82, 2.24) is 5.43 Å². The lowest BCUT2D eigenvalue weighted by atomic mass is 10.0. The van der Waals surface area contributed by atoms with Crippen molar-refractivity contribution in [3.05, 3.63) is 58.0 Å². The van der Waals surface area contributed by atoms with Gasteiger partial charge in [-0.05, 0) is 46.1 Å². The normalized spacial score (nSPS) is 12.7. The molecule has 6 heteroatoms. The van der Waals surface area contributed by atoms with Crippen LogP contribution in [0, 0.1) is 11.6 Å². The first kappa shape index (κ1) is 13.2. The third-order valence-electron chi connectivity index (χ3n) is 2.59. The molecular weight excluding hydrogens is 306 g/mol. The van der Waals surface area contributed by atoms with Gasteiger partial charge in [0, 0.05) is 0 Å². The van der Waals surface area contributed by atoms with E-state index in [4.69, 9.17) is 10.3 Å². The monoisotopic (exact) mass is 316 g/mol.